The standard InChI is InChI=1S/C18H33N/c1-13(2)11-19-12-18(3,17-6-7-17)10-16-9-14-4-5-15(16)8-14/h13-17,19H,4-12H2,1-3H3. The van der Waals surface area contributed by atoms with E-state index < -0.39 is 0 Å². The third kappa shape index (κ3) is 3.17. The van der Waals surface area contributed by atoms with E-state index >= 15 is 0 Å². The average molecular weight is 263 g/mol. The van der Waals surface area contributed by atoms with Gasteiger partial charge < -0.3 is 5.32 Å². The molecule has 0 saturated heterocycles. The summed E-state index contributed by atoms with van der Waals surface area (Å²) < 4.78 is 0. The molecule has 3 fully saturated rings. The predicted molar refractivity (Wildman–Crippen MR) is 82.1 cm³/mol. The van der Waals surface area contributed by atoms with Crippen molar-refractivity contribution < 1.29 is 0 Å². The number of fused-ring (bicyclic) bond motifs is 2. The molecule has 0 amide bonds. The number of rotatable bonds is 7. The van der Waals surface area contributed by atoms with E-state index in [0.717, 1.165) is 29.6 Å². The molecule has 1 heteroatoms. The molecule has 0 aliphatic heterocycles. The predicted octanol–water partition coefficient (Wildman–Crippen LogP) is 4.47. The van der Waals surface area contributed by atoms with Crippen molar-refractivity contribution in [3.8, 4) is 0 Å². The van der Waals surface area contributed by atoms with Gasteiger partial charge in [-0.25, -0.2) is 0 Å². The zero-order chi connectivity index (χ0) is 13.5. The van der Waals surface area contributed by atoms with Gasteiger partial charge >= 0.3 is 0 Å². The molecule has 0 aromatic heterocycles. The maximum Gasteiger partial charge on any atom is 0.000803 e. The Hall–Kier alpha value is -0.0400. The van der Waals surface area contributed by atoms with E-state index in [0.29, 0.717) is 5.41 Å². The van der Waals surface area contributed by atoms with Gasteiger partial charge in [-0.15, -0.1) is 0 Å². The van der Waals surface area contributed by atoms with Crippen LogP contribution < -0.4 is 5.32 Å². The van der Waals surface area contributed by atoms with Crippen LogP contribution in [-0.2, 0) is 0 Å². The monoisotopic (exact) mass is 263 g/mol. The van der Waals surface area contributed by atoms with Crippen molar-refractivity contribution in [2.45, 2.75) is 65.7 Å². The first kappa shape index (κ1) is 13.9. The number of hydrogen-bond donors (Lipinski definition) is 1. The molecule has 0 aromatic carbocycles. The van der Waals surface area contributed by atoms with Crippen molar-refractivity contribution >= 4 is 0 Å². The van der Waals surface area contributed by atoms with Gasteiger partial charge in [0.15, 0.2) is 0 Å². The van der Waals surface area contributed by atoms with Crippen LogP contribution in [0.15, 0.2) is 0 Å². The summed E-state index contributed by atoms with van der Waals surface area (Å²) in [6.45, 7) is 9.68. The van der Waals surface area contributed by atoms with Crippen LogP contribution in [0.2, 0.25) is 0 Å². The molecule has 1 N–H and O–H groups in total. The summed E-state index contributed by atoms with van der Waals surface area (Å²) in [5.41, 5.74) is 0.601. The van der Waals surface area contributed by atoms with E-state index in [1.807, 2.05) is 0 Å². The summed E-state index contributed by atoms with van der Waals surface area (Å²) >= 11 is 0. The van der Waals surface area contributed by atoms with Crippen molar-refractivity contribution in [3.05, 3.63) is 0 Å². The lowest BCUT2D eigenvalue weighted by Crippen LogP contribution is -2.37. The van der Waals surface area contributed by atoms with E-state index in [2.05, 4.69) is 26.1 Å². The minimum atomic E-state index is 0.601. The zero-order valence-corrected chi connectivity index (χ0v) is 13.3. The fourth-order valence-electron chi connectivity index (χ4n) is 5.04. The average Bonchev–Trinajstić information content (AvgIpc) is 3.02. The topological polar surface area (TPSA) is 12.0 Å². The Morgan fingerprint density at radius 2 is 1.89 bits per heavy atom. The second-order valence-electron chi connectivity index (χ2n) is 8.59. The molecule has 1 nitrogen and oxygen atoms in total. The molecule has 2 bridgehead atoms. The fraction of sp³-hybridized carbons (Fsp3) is 1.00. The summed E-state index contributed by atoms with van der Waals surface area (Å²) in [5.74, 6) is 5.11. The van der Waals surface area contributed by atoms with Gasteiger partial charge in [0.05, 0.1) is 0 Å². The van der Waals surface area contributed by atoms with E-state index in [1.54, 1.807) is 25.7 Å². The van der Waals surface area contributed by atoms with E-state index in [4.69, 9.17) is 0 Å². The van der Waals surface area contributed by atoms with Crippen molar-refractivity contribution in [1.82, 2.24) is 5.32 Å². The minimum absolute atomic E-state index is 0.601. The van der Waals surface area contributed by atoms with Crippen molar-refractivity contribution in [2.75, 3.05) is 13.1 Å². The van der Waals surface area contributed by atoms with Crippen molar-refractivity contribution in [1.29, 1.82) is 0 Å². The van der Waals surface area contributed by atoms with Crippen molar-refractivity contribution in [2.24, 2.45) is 35.0 Å². The van der Waals surface area contributed by atoms with Crippen molar-refractivity contribution in [3.63, 3.8) is 0 Å². The second-order valence-corrected chi connectivity index (χ2v) is 8.59. The Morgan fingerprint density at radius 1 is 1.11 bits per heavy atom. The molecule has 3 aliphatic carbocycles. The normalized spacial score (nSPS) is 36.9. The first-order valence-electron chi connectivity index (χ1n) is 8.77. The molecule has 4 atom stereocenters. The van der Waals surface area contributed by atoms with Gasteiger partial charge in [0.2, 0.25) is 0 Å². The highest BCUT2D eigenvalue weighted by molar-refractivity contribution is 4.98. The van der Waals surface area contributed by atoms with E-state index in [9.17, 15) is 0 Å². The molecule has 3 aliphatic rings. The van der Waals surface area contributed by atoms with Crippen LogP contribution in [0, 0.1) is 35.0 Å². The lowest BCUT2D eigenvalue weighted by molar-refractivity contribution is 0.158. The fourth-order valence-corrected chi connectivity index (χ4v) is 5.04. The molecule has 4 unspecified atom stereocenters. The van der Waals surface area contributed by atoms with Crippen LogP contribution in [0.3, 0.4) is 0 Å². The van der Waals surface area contributed by atoms with E-state index in [1.165, 1.54) is 32.4 Å². The molecule has 110 valence electrons. The van der Waals surface area contributed by atoms with Crippen LogP contribution in [0.4, 0.5) is 0 Å². The molecule has 3 rings (SSSR count). The molecule has 0 heterocycles. The Balaban J connectivity index is 1.54. The van der Waals surface area contributed by atoms with Gasteiger partial charge in [0.25, 0.3) is 0 Å². The van der Waals surface area contributed by atoms with Gasteiger partial charge in [-0.1, -0.05) is 27.2 Å². The molecule has 19 heavy (non-hydrogen) atoms. The summed E-state index contributed by atoms with van der Waals surface area (Å²) in [5, 5.41) is 3.76. The van der Waals surface area contributed by atoms with Crippen LogP contribution in [0.25, 0.3) is 0 Å². The minimum Gasteiger partial charge on any atom is -0.316 e. The lowest BCUT2D eigenvalue weighted by atomic mass is 9.72. The summed E-state index contributed by atoms with van der Waals surface area (Å²) in [6, 6.07) is 0. The smallest absolute Gasteiger partial charge is 0.000803 e. The lowest BCUT2D eigenvalue weighted by Gasteiger charge is -2.36. The third-order valence-electron chi connectivity index (χ3n) is 6.26. The Morgan fingerprint density at radius 3 is 2.42 bits per heavy atom. The maximum atomic E-state index is 3.76. The first-order valence-corrected chi connectivity index (χ1v) is 8.77. The van der Waals surface area contributed by atoms with Crippen LogP contribution in [0.1, 0.15) is 65.7 Å². The Kier molecular flexibility index (Phi) is 3.95. The number of nitrogens with one attached hydrogen (secondary N) is 1. The Labute approximate surface area is 119 Å². The van der Waals surface area contributed by atoms with Crippen LogP contribution >= 0.6 is 0 Å². The molecule has 0 spiro atoms. The third-order valence-corrected chi connectivity index (χ3v) is 6.26. The zero-order valence-electron chi connectivity index (χ0n) is 13.3. The largest absolute Gasteiger partial charge is 0.316 e. The van der Waals surface area contributed by atoms with Crippen LogP contribution in [0.5, 0.6) is 0 Å². The molecular formula is C18H33N. The van der Waals surface area contributed by atoms with Gasteiger partial charge in [0.1, 0.15) is 0 Å². The maximum absolute atomic E-state index is 3.76. The summed E-state index contributed by atoms with van der Waals surface area (Å²) in [7, 11) is 0. The van der Waals surface area contributed by atoms with Gasteiger partial charge in [-0.3, -0.25) is 0 Å². The SMILES string of the molecule is CC(C)CNCC(C)(CC1CC2CCC1C2)C1CC1. The van der Waals surface area contributed by atoms with Gasteiger partial charge in [-0.2, -0.15) is 0 Å². The van der Waals surface area contributed by atoms with Gasteiger partial charge in [-0.05, 0) is 80.1 Å². The quantitative estimate of drug-likeness (QED) is 0.714. The first-order chi connectivity index (χ1) is 9.07. The Bertz CT molecular complexity index is 307. The molecular weight excluding hydrogens is 230 g/mol. The van der Waals surface area contributed by atoms with E-state index in [-0.39, 0.29) is 0 Å². The molecule has 0 radical (unpaired) electrons. The second kappa shape index (κ2) is 5.39. The molecule has 0 aromatic rings. The highest BCUT2D eigenvalue weighted by Gasteiger charge is 2.47. The summed E-state index contributed by atoms with van der Waals surface area (Å²) in [6.07, 6.45) is 10.8. The summed E-state index contributed by atoms with van der Waals surface area (Å²) in [4.78, 5) is 0. The highest BCUT2D eigenvalue weighted by atomic mass is 14.9. The highest BCUT2D eigenvalue weighted by Crippen LogP contribution is 2.56. The molecule has 3 saturated carbocycles. The number of hydrogen-bond acceptors (Lipinski definition) is 1. The van der Waals surface area contributed by atoms with Gasteiger partial charge in [0, 0.05) is 6.54 Å². The van der Waals surface area contributed by atoms with Crippen LogP contribution in [-0.4, -0.2) is 13.1 Å².